The van der Waals surface area contributed by atoms with Gasteiger partial charge in [0.1, 0.15) is 5.01 Å². The van der Waals surface area contributed by atoms with Gasteiger partial charge in [-0.2, -0.15) is 0 Å². The van der Waals surface area contributed by atoms with E-state index >= 15 is 0 Å². The van der Waals surface area contributed by atoms with Crippen LogP contribution in [0.5, 0.6) is 0 Å². The molecule has 3 aliphatic rings. The normalized spacial score (nSPS) is 34.4. The van der Waals surface area contributed by atoms with Crippen LogP contribution in [-0.2, 0) is 6.54 Å². The van der Waals surface area contributed by atoms with Crippen LogP contribution >= 0.6 is 27.3 Å². The number of fused-ring (bicyclic) bond motifs is 1. The number of aromatic nitrogens is 1. The molecule has 0 N–H and O–H groups in total. The molecule has 1 aliphatic carbocycles. The number of alkyl halides is 1. The van der Waals surface area contributed by atoms with Gasteiger partial charge in [0.25, 0.3) is 0 Å². The number of aryl methyl sites for hydroxylation is 1. The van der Waals surface area contributed by atoms with E-state index in [-0.39, 0.29) is 0 Å². The minimum atomic E-state index is 0.476. The van der Waals surface area contributed by atoms with Crippen molar-refractivity contribution < 1.29 is 0 Å². The van der Waals surface area contributed by atoms with Gasteiger partial charge in [0.2, 0.25) is 0 Å². The van der Waals surface area contributed by atoms with Gasteiger partial charge in [-0.25, -0.2) is 4.98 Å². The lowest BCUT2D eigenvalue weighted by molar-refractivity contribution is 0.129. The van der Waals surface area contributed by atoms with E-state index in [9.17, 15) is 0 Å². The van der Waals surface area contributed by atoms with Crippen LogP contribution in [0.3, 0.4) is 0 Å². The van der Waals surface area contributed by atoms with Crippen molar-refractivity contribution in [2.75, 3.05) is 11.9 Å². The van der Waals surface area contributed by atoms with Crippen LogP contribution in [0.2, 0.25) is 0 Å². The van der Waals surface area contributed by atoms with Crippen LogP contribution in [0.4, 0.5) is 0 Å². The molecule has 0 aromatic carbocycles. The Balaban J connectivity index is 1.74. The van der Waals surface area contributed by atoms with Crippen molar-refractivity contribution >= 4 is 27.3 Å². The van der Waals surface area contributed by atoms with Crippen molar-refractivity contribution in [2.45, 2.75) is 31.8 Å². The third-order valence-electron chi connectivity index (χ3n) is 3.73. The lowest BCUT2D eigenvalue weighted by Crippen LogP contribution is -2.47. The Bertz CT molecular complexity index is 370. The molecular weight excluding hydrogens is 272 g/mol. The molecule has 4 heteroatoms. The maximum Gasteiger partial charge on any atom is 0.107 e. The van der Waals surface area contributed by atoms with E-state index in [0.29, 0.717) is 5.54 Å². The second kappa shape index (κ2) is 3.54. The predicted octanol–water partition coefficient (Wildman–Crippen LogP) is 2.81. The summed E-state index contributed by atoms with van der Waals surface area (Å²) in [5, 5.41) is 4.55. The van der Waals surface area contributed by atoms with Crippen molar-refractivity contribution in [3.05, 3.63) is 16.1 Å². The molecule has 3 fully saturated rings. The maximum absolute atomic E-state index is 4.55. The summed E-state index contributed by atoms with van der Waals surface area (Å²) in [6.45, 7) is 4.41. The largest absolute Gasteiger partial charge is 0.290 e. The van der Waals surface area contributed by atoms with Gasteiger partial charge < -0.3 is 0 Å². The lowest BCUT2D eigenvalue weighted by Gasteiger charge is -2.40. The summed E-state index contributed by atoms with van der Waals surface area (Å²) in [5.41, 5.74) is 1.64. The minimum Gasteiger partial charge on any atom is -0.290 e. The molecule has 3 heterocycles. The van der Waals surface area contributed by atoms with Crippen molar-refractivity contribution in [2.24, 2.45) is 5.92 Å². The topological polar surface area (TPSA) is 16.1 Å². The number of nitrogens with zero attached hydrogens (tertiary/aromatic N) is 2. The highest BCUT2D eigenvalue weighted by atomic mass is 79.9. The molecule has 0 amide bonds. The zero-order chi connectivity index (χ0) is 10.5. The molecule has 2 bridgehead atoms. The van der Waals surface area contributed by atoms with Gasteiger partial charge in [-0.15, -0.1) is 11.3 Å². The van der Waals surface area contributed by atoms with E-state index in [1.807, 2.05) is 0 Å². The number of rotatable bonds is 3. The SMILES string of the molecule is Cc1csc(CN2CC3CC2(CBr)C3)n1. The third kappa shape index (κ3) is 1.58. The predicted molar refractivity (Wildman–Crippen MR) is 66.5 cm³/mol. The highest BCUT2D eigenvalue weighted by Crippen LogP contribution is 2.51. The fourth-order valence-electron chi connectivity index (χ4n) is 2.97. The molecule has 0 radical (unpaired) electrons. The van der Waals surface area contributed by atoms with Gasteiger partial charge >= 0.3 is 0 Å². The third-order valence-corrected chi connectivity index (χ3v) is 5.72. The number of halogens is 1. The summed E-state index contributed by atoms with van der Waals surface area (Å²) in [7, 11) is 0. The van der Waals surface area contributed by atoms with Crippen LogP contribution in [0.1, 0.15) is 23.5 Å². The van der Waals surface area contributed by atoms with E-state index in [4.69, 9.17) is 0 Å². The average Bonchev–Trinajstić information content (AvgIpc) is 2.78. The number of thiazole rings is 1. The van der Waals surface area contributed by atoms with Crippen LogP contribution in [0, 0.1) is 12.8 Å². The Morgan fingerprint density at radius 1 is 1.67 bits per heavy atom. The Morgan fingerprint density at radius 2 is 2.47 bits per heavy atom. The van der Waals surface area contributed by atoms with Gasteiger partial charge in [0.15, 0.2) is 0 Å². The second-order valence-corrected chi connectivity index (χ2v) is 6.40. The van der Waals surface area contributed by atoms with E-state index in [1.54, 1.807) is 11.3 Å². The molecule has 1 aromatic heterocycles. The van der Waals surface area contributed by atoms with Gasteiger partial charge in [0, 0.05) is 28.5 Å². The number of hydrogen-bond acceptors (Lipinski definition) is 3. The van der Waals surface area contributed by atoms with Crippen LogP contribution in [0.25, 0.3) is 0 Å². The standard InChI is InChI=1S/C11H15BrN2S/c1-8-6-15-10(13-8)5-14-4-9-2-11(14,3-9)7-12/h6,9H,2-5,7H2,1H3. The molecule has 1 saturated carbocycles. The molecule has 82 valence electrons. The van der Waals surface area contributed by atoms with E-state index in [1.165, 1.54) is 24.4 Å². The van der Waals surface area contributed by atoms with E-state index in [0.717, 1.165) is 23.5 Å². The Morgan fingerprint density at radius 3 is 3.07 bits per heavy atom. The van der Waals surface area contributed by atoms with Gasteiger partial charge in [0.05, 0.1) is 6.54 Å². The van der Waals surface area contributed by atoms with Crippen LogP contribution in [-0.4, -0.2) is 27.3 Å². The highest BCUT2D eigenvalue weighted by Gasteiger charge is 2.54. The molecule has 0 unspecified atom stereocenters. The first-order valence-corrected chi connectivity index (χ1v) is 7.44. The summed E-state index contributed by atoms with van der Waals surface area (Å²) in [6.07, 6.45) is 2.78. The van der Waals surface area contributed by atoms with Crippen molar-refractivity contribution in [3.8, 4) is 0 Å². The monoisotopic (exact) mass is 286 g/mol. The molecule has 4 rings (SSSR count). The molecule has 2 saturated heterocycles. The molecule has 0 atom stereocenters. The first-order chi connectivity index (χ1) is 7.22. The molecule has 15 heavy (non-hydrogen) atoms. The molecule has 2 aliphatic heterocycles. The fraction of sp³-hybridized carbons (Fsp3) is 0.727. The minimum absolute atomic E-state index is 0.476. The summed E-state index contributed by atoms with van der Waals surface area (Å²) < 4.78 is 0. The fourth-order valence-corrected chi connectivity index (χ4v) is 4.57. The van der Waals surface area contributed by atoms with Gasteiger partial charge in [-0.1, -0.05) is 15.9 Å². The van der Waals surface area contributed by atoms with Gasteiger partial charge in [-0.3, -0.25) is 4.90 Å². The Labute approximate surface area is 103 Å². The van der Waals surface area contributed by atoms with E-state index in [2.05, 4.69) is 38.1 Å². The smallest absolute Gasteiger partial charge is 0.107 e. The van der Waals surface area contributed by atoms with Crippen molar-refractivity contribution in [1.29, 1.82) is 0 Å². The average molecular weight is 287 g/mol. The molecular formula is C11H15BrN2S. The zero-order valence-electron chi connectivity index (χ0n) is 8.87. The summed E-state index contributed by atoms with van der Waals surface area (Å²) in [4.78, 5) is 7.18. The lowest BCUT2D eigenvalue weighted by atomic mass is 9.75. The van der Waals surface area contributed by atoms with Gasteiger partial charge in [-0.05, 0) is 25.7 Å². The Hall–Kier alpha value is 0.0700. The molecule has 0 spiro atoms. The zero-order valence-corrected chi connectivity index (χ0v) is 11.3. The maximum atomic E-state index is 4.55. The summed E-state index contributed by atoms with van der Waals surface area (Å²) in [5.74, 6) is 0.962. The quantitative estimate of drug-likeness (QED) is 0.795. The second-order valence-electron chi connectivity index (χ2n) is 4.90. The summed E-state index contributed by atoms with van der Waals surface area (Å²) >= 11 is 5.47. The van der Waals surface area contributed by atoms with E-state index < -0.39 is 0 Å². The molecule has 2 nitrogen and oxygen atoms in total. The number of hydrogen-bond donors (Lipinski definition) is 0. The van der Waals surface area contributed by atoms with Crippen molar-refractivity contribution in [1.82, 2.24) is 9.88 Å². The first kappa shape index (κ1) is 10.2. The first-order valence-electron chi connectivity index (χ1n) is 5.44. The van der Waals surface area contributed by atoms with Crippen molar-refractivity contribution in [3.63, 3.8) is 0 Å². The summed E-state index contributed by atoms with van der Waals surface area (Å²) in [6, 6.07) is 0. The van der Waals surface area contributed by atoms with Crippen LogP contribution < -0.4 is 0 Å². The molecule has 1 aromatic rings. The Kier molecular flexibility index (Phi) is 2.41. The highest BCUT2D eigenvalue weighted by molar-refractivity contribution is 9.09. The van der Waals surface area contributed by atoms with Crippen LogP contribution in [0.15, 0.2) is 5.38 Å².